The minimum atomic E-state index is -1.01. The molecule has 0 radical (unpaired) electrons. The monoisotopic (exact) mass is 780 g/mol. The molecule has 4 heterocycles. The van der Waals surface area contributed by atoms with Crippen LogP contribution >= 0.6 is 0 Å². The average Bonchev–Trinajstić information content (AvgIpc) is 3.67. The molecule has 0 aromatic rings. The van der Waals surface area contributed by atoms with Crippen LogP contribution in [0.1, 0.15) is 105 Å². The third-order valence-electron chi connectivity index (χ3n) is 16.0. The fourth-order valence-corrected chi connectivity index (χ4v) is 12.8. The van der Waals surface area contributed by atoms with Crippen LogP contribution in [0, 0.1) is 34.5 Å². The first-order chi connectivity index (χ1) is 26.0. The van der Waals surface area contributed by atoms with E-state index in [0.29, 0.717) is 18.8 Å². The van der Waals surface area contributed by atoms with Gasteiger partial charge in [-0.25, -0.2) is 4.79 Å². The van der Waals surface area contributed by atoms with Gasteiger partial charge in [-0.1, -0.05) is 13.8 Å². The molecule has 8 rings (SSSR count). The van der Waals surface area contributed by atoms with Crippen molar-refractivity contribution >= 4 is 5.97 Å². The van der Waals surface area contributed by atoms with E-state index in [2.05, 4.69) is 6.92 Å². The smallest absolute Gasteiger partial charge is 0.331 e. The van der Waals surface area contributed by atoms with Crippen LogP contribution in [0.4, 0.5) is 0 Å². The lowest BCUT2D eigenvalue weighted by Gasteiger charge is -2.65. The van der Waals surface area contributed by atoms with E-state index in [4.69, 9.17) is 33.2 Å². The van der Waals surface area contributed by atoms with Gasteiger partial charge in [-0.15, -0.1) is 0 Å². The van der Waals surface area contributed by atoms with Crippen molar-refractivity contribution in [3.8, 4) is 0 Å². The van der Waals surface area contributed by atoms with Gasteiger partial charge in [-0.3, -0.25) is 0 Å². The minimum absolute atomic E-state index is 0.0452. The Hall–Kier alpha value is -1.27. The molecule has 4 aliphatic carbocycles. The number of ether oxygens (including phenoxy) is 7. The lowest BCUT2D eigenvalue weighted by atomic mass is 9.42. The molecule has 0 amide bonds. The molecule has 14 heteroatoms. The van der Waals surface area contributed by atoms with Crippen molar-refractivity contribution in [2.75, 3.05) is 6.61 Å². The van der Waals surface area contributed by atoms with Gasteiger partial charge in [0.15, 0.2) is 18.9 Å². The lowest BCUT2D eigenvalue weighted by Crippen LogP contribution is -2.67. The molecular weight excluding hydrogens is 716 g/mol. The Morgan fingerprint density at radius 2 is 1.29 bits per heavy atom. The predicted octanol–water partition coefficient (Wildman–Crippen LogP) is 2.22. The molecule has 4 saturated carbocycles. The summed E-state index contributed by atoms with van der Waals surface area (Å²) in [5.41, 5.74) is -0.892. The van der Waals surface area contributed by atoms with E-state index in [9.17, 15) is 35.4 Å². The molecule has 4 aliphatic heterocycles. The highest BCUT2D eigenvalue weighted by Crippen LogP contribution is 2.70. The first-order valence-corrected chi connectivity index (χ1v) is 20.9. The van der Waals surface area contributed by atoms with Crippen LogP contribution in [0.5, 0.6) is 0 Å². The van der Waals surface area contributed by atoms with Crippen LogP contribution < -0.4 is 0 Å². The van der Waals surface area contributed by atoms with E-state index >= 15 is 0 Å². The Labute approximate surface area is 323 Å². The highest BCUT2D eigenvalue weighted by atomic mass is 16.7. The summed E-state index contributed by atoms with van der Waals surface area (Å²) in [5, 5.41) is 66.9. The molecule has 6 N–H and O–H groups in total. The maximum Gasteiger partial charge on any atom is 0.331 e. The number of rotatable bonds is 7. The van der Waals surface area contributed by atoms with Gasteiger partial charge in [-0.2, -0.15) is 0 Å². The molecule has 0 aromatic heterocycles. The maximum atomic E-state index is 12.6. The summed E-state index contributed by atoms with van der Waals surface area (Å²) in [5.74, 6) is 0.204. The lowest BCUT2D eigenvalue weighted by molar-refractivity contribution is -0.336. The third kappa shape index (κ3) is 6.95. The Morgan fingerprint density at radius 3 is 1.87 bits per heavy atom. The fourth-order valence-electron chi connectivity index (χ4n) is 12.8. The Kier molecular flexibility index (Phi) is 11.1. The van der Waals surface area contributed by atoms with E-state index in [1.807, 2.05) is 13.8 Å². The van der Waals surface area contributed by atoms with Crippen LogP contribution in [-0.2, 0) is 38.0 Å². The van der Waals surface area contributed by atoms with E-state index in [1.165, 1.54) is 0 Å². The Balaban J connectivity index is 0.837. The van der Waals surface area contributed by atoms with Crippen LogP contribution in [0.2, 0.25) is 0 Å². The van der Waals surface area contributed by atoms with Crippen molar-refractivity contribution in [2.24, 2.45) is 34.5 Å². The number of hydrogen-bond donors (Lipinski definition) is 6. The fraction of sp³-hybridized carbons (Fsp3) is 0.927. The van der Waals surface area contributed by atoms with Crippen LogP contribution in [0.25, 0.3) is 0 Å². The van der Waals surface area contributed by atoms with Crippen molar-refractivity contribution in [2.45, 2.75) is 197 Å². The van der Waals surface area contributed by atoms with Gasteiger partial charge in [0, 0.05) is 30.8 Å². The molecule has 0 aromatic carbocycles. The van der Waals surface area contributed by atoms with Crippen molar-refractivity contribution in [3.63, 3.8) is 0 Å². The minimum Gasteiger partial charge on any atom is -0.458 e. The summed E-state index contributed by atoms with van der Waals surface area (Å²) >= 11 is 0. The summed E-state index contributed by atoms with van der Waals surface area (Å²) in [4.78, 5) is 11.9. The first-order valence-electron chi connectivity index (χ1n) is 20.9. The topological polar surface area (TPSA) is 203 Å². The second-order valence-electron chi connectivity index (χ2n) is 18.8. The van der Waals surface area contributed by atoms with E-state index < -0.39 is 90.9 Å². The largest absolute Gasteiger partial charge is 0.458 e. The van der Waals surface area contributed by atoms with Crippen LogP contribution in [0.15, 0.2) is 11.6 Å². The van der Waals surface area contributed by atoms with Crippen molar-refractivity contribution < 1.29 is 68.6 Å². The molecule has 14 nitrogen and oxygen atoms in total. The standard InChI is InChI=1S/C41H64O14/c1-19-36(47)28(42)15-34(50-19)54-38-21(3)52-35(17-30(38)44)55-37-20(2)51-33(16-29(37)43)53-24-8-10-39(4)23(13-24)6-7-26-27(39)14-31(45)40(5)25(9-11-41(26,40)48)22-12-32(46)49-18-22/h12,19-21,23-31,33-38,42-45,47-48H,6-11,13-18H2,1-5H3/t19-,20+,21+,23-,24-,25-,26-,27+,28+,29+,30+,31-,33+,34-,35+,36-,37-,38+,39+,40+,41+/m0/s1. The van der Waals surface area contributed by atoms with Gasteiger partial charge in [-0.05, 0) is 107 Å². The van der Waals surface area contributed by atoms with Crippen LogP contribution in [0.3, 0.4) is 0 Å². The summed E-state index contributed by atoms with van der Waals surface area (Å²) in [6.45, 7) is 9.90. The zero-order valence-corrected chi connectivity index (χ0v) is 32.9. The van der Waals surface area contributed by atoms with E-state index in [-0.39, 0.29) is 61.1 Å². The zero-order valence-electron chi connectivity index (χ0n) is 32.9. The van der Waals surface area contributed by atoms with Crippen molar-refractivity contribution in [1.29, 1.82) is 0 Å². The van der Waals surface area contributed by atoms with Crippen LogP contribution in [-0.4, -0.2) is 135 Å². The number of carbonyl (C=O) groups excluding carboxylic acids is 1. The Bertz CT molecular complexity index is 1410. The molecule has 21 atom stereocenters. The molecule has 55 heavy (non-hydrogen) atoms. The summed E-state index contributed by atoms with van der Waals surface area (Å²) < 4.78 is 42.1. The number of carbonyl (C=O) groups is 1. The highest BCUT2D eigenvalue weighted by Gasteiger charge is 2.71. The Morgan fingerprint density at radius 1 is 0.691 bits per heavy atom. The molecule has 312 valence electrons. The third-order valence-corrected chi connectivity index (χ3v) is 16.0. The number of esters is 1. The maximum absolute atomic E-state index is 12.6. The summed E-state index contributed by atoms with van der Waals surface area (Å²) in [7, 11) is 0. The molecule has 0 unspecified atom stereocenters. The normalized spacial score (nSPS) is 55.5. The molecule has 8 aliphatic rings. The molecular formula is C41H64O14. The SMILES string of the molecule is C[C@@H]1O[C@@H](O[C@H]2[C@H](O)C[C@@H](O[C@@H]3[C@H](O)C[C@@H](O[C@H]4CC[C@]5(C)[C@@H](CC[C@H]6[C@H]5C[C@H](O)[C@@]5(C)[C@H](C7=CC(=O)OC7)CC[C@@]65O)C4)O[C@@H]3C)O[C@@H]2C)C[C@@H](O)[C@H]1O. The number of aliphatic hydroxyl groups excluding tert-OH is 5. The molecule has 0 spiro atoms. The van der Waals surface area contributed by atoms with Gasteiger partial charge in [0.25, 0.3) is 0 Å². The van der Waals surface area contributed by atoms with Gasteiger partial charge in [0.05, 0.1) is 54.4 Å². The molecule has 0 bridgehead atoms. The van der Waals surface area contributed by atoms with E-state index in [0.717, 1.165) is 44.1 Å². The van der Waals surface area contributed by atoms with Gasteiger partial charge < -0.3 is 63.8 Å². The summed E-state index contributed by atoms with van der Waals surface area (Å²) in [6, 6.07) is 0. The van der Waals surface area contributed by atoms with Crippen molar-refractivity contribution in [1.82, 2.24) is 0 Å². The predicted molar refractivity (Wildman–Crippen MR) is 193 cm³/mol. The number of fused-ring (bicyclic) bond motifs is 5. The number of aliphatic hydroxyl groups is 6. The van der Waals surface area contributed by atoms with E-state index in [1.54, 1.807) is 19.9 Å². The second-order valence-corrected chi connectivity index (χ2v) is 18.8. The highest BCUT2D eigenvalue weighted by molar-refractivity contribution is 5.85. The molecule has 3 saturated heterocycles. The molecule has 7 fully saturated rings. The average molecular weight is 781 g/mol. The number of cyclic esters (lactones) is 1. The summed E-state index contributed by atoms with van der Waals surface area (Å²) in [6.07, 6.45) is -1.51. The zero-order chi connectivity index (χ0) is 39.2. The van der Waals surface area contributed by atoms with Gasteiger partial charge in [0.1, 0.15) is 24.9 Å². The quantitative estimate of drug-likeness (QED) is 0.162. The van der Waals surface area contributed by atoms with Gasteiger partial charge >= 0.3 is 5.97 Å². The number of hydrogen-bond acceptors (Lipinski definition) is 14. The first kappa shape index (κ1) is 40.5. The second kappa shape index (κ2) is 15.1. The van der Waals surface area contributed by atoms with Crippen molar-refractivity contribution in [3.05, 3.63) is 11.6 Å². The van der Waals surface area contributed by atoms with Gasteiger partial charge in [0.2, 0.25) is 0 Å².